The number of nitrogens with one attached hydrogen (secondary N) is 1. The Morgan fingerprint density at radius 3 is 3.25 bits per heavy atom. The van der Waals surface area contributed by atoms with E-state index in [-0.39, 0.29) is 5.78 Å². The van der Waals surface area contributed by atoms with Crippen LogP contribution in [0.4, 0.5) is 0 Å². The molecule has 0 aliphatic carbocycles. The molecule has 1 aromatic heterocycles. The van der Waals surface area contributed by atoms with Gasteiger partial charge in [-0.3, -0.25) is 4.79 Å². The Morgan fingerprint density at radius 2 is 2.56 bits per heavy atom. The fourth-order valence-corrected chi connectivity index (χ4v) is 2.11. The first-order valence-electron chi connectivity index (χ1n) is 5.88. The van der Waals surface area contributed by atoms with E-state index in [0.717, 1.165) is 25.4 Å². The van der Waals surface area contributed by atoms with Gasteiger partial charge >= 0.3 is 0 Å². The van der Waals surface area contributed by atoms with Gasteiger partial charge in [0.25, 0.3) is 0 Å². The van der Waals surface area contributed by atoms with Crippen molar-refractivity contribution in [3.8, 4) is 0 Å². The smallest absolute Gasteiger partial charge is 0.194 e. The first-order valence-corrected chi connectivity index (χ1v) is 5.88. The van der Waals surface area contributed by atoms with Gasteiger partial charge < -0.3 is 9.73 Å². The van der Waals surface area contributed by atoms with Crippen LogP contribution in [0, 0.1) is 5.92 Å². The van der Waals surface area contributed by atoms with Crippen LogP contribution in [0.3, 0.4) is 0 Å². The Morgan fingerprint density at radius 1 is 1.69 bits per heavy atom. The van der Waals surface area contributed by atoms with Crippen molar-refractivity contribution in [2.45, 2.75) is 32.6 Å². The summed E-state index contributed by atoms with van der Waals surface area (Å²) in [6, 6.07) is 0. The van der Waals surface area contributed by atoms with E-state index in [0.29, 0.717) is 18.1 Å². The first kappa shape index (κ1) is 11.3. The third kappa shape index (κ3) is 3.17. The number of aromatic nitrogens is 1. The molecule has 1 N–H and O–H groups in total. The standard InChI is InChI=1S/C12H18N2O2/c1-9(15)5-11-8-14-12(16-11)6-10-3-2-4-13-7-10/h8,10,13H,2-7H2,1H3. The fourth-order valence-electron chi connectivity index (χ4n) is 2.11. The number of hydrogen-bond donors (Lipinski definition) is 1. The Labute approximate surface area is 95.4 Å². The molecular formula is C12H18N2O2. The molecule has 4 nitrogen and oxygen atoms in total. The summed E-state index contributed by atoms with van der Waals surface area (Å²) in [6.07, 6.45) is 5.37. The lowest BCUT2D eigenvalue weighted by Gasteiger charge is -2.21. The molecule has 0 radical (unpaired) electrons. The van der Waals surface area contributed by atoms with E-state index < -0.39 is 0 Å². The van der Waals surface area contributed by atoms with Gasteiger partial charge in [-0.05, 0) is 38.8 Å². The van der Waals surface area contributed by atoms with Crippen LogP contribution in [-0.4, -0.2) is 23.9 Å². The lowest BCUT2D eigenvalue weighted by atomic mass is 9.96. The zero-order valence-corrected chi connectivity index (χ0v) is 9.66. The van der Waals surface area contributed by atoms with Gasteiger partial charge in [-0.2, -0.15) is 0 Å². The SMILES string of the molecule is CC(=O)Cc1cnc(CC2CCCNC2)o1. The number of Topliss-reactive ketones (excluding diaryl/α,β-unsaturated/α-hetero) is 1. The van der Waals surface area contributed by atoms with Gasteiger partial charge in [0.05, 0.1) is 12.6 Å². The van der Waals surface area contributed by atoms with Crippen LogP contribution in [-0.2, 0) is 17.6 Å². The highest BCUT2D eigenvalue weighted by atomic mass is 16.4. The summed E-state index contributed by atoms with van der Waals surface area (Å²) in [5.74, 6) is 2.19. The molecule has 16 heavy (non-hydrogen) atoms. The average Bonchev–Trinajstić information content (AvgIpc) is 2.66. The second-order valence-electron chi connectivity index (χ2n) is 4.52. The van der Waals surface area contributed by atoms with Gasteiger partial charge in [-0.15, -0.1) is 0 Å². The second kappa shape index (κ2) is 5.25. The summed E-state index contributed by atoms with van der Waals surface area (Å²) < 4.78 is 5.54. The van der Waals surface area contributed by atoms with Gasteiger partial charge in [-0.1, -0.05) is 0 Å². The molecule has 1 aliphatic heterocycles. The van der Waals surface area contributed by atoms with E-state index in [2.05, 4.69) is 10.3 Å². The summed E-state index contributed by atoms with van der Waals surface area (Å²) in [4.78, 5) is 15.1. The van der Waals surface area contributed by atoms with Crippen LogP contribution in [0.25, 0.3) is 0 Å². The monoisotopic (exact) mass is 222 g/mol. The van der Waals surface area contributed by atoms with E-state index in [4.69, 9.17) is 4.42 Å². The maximum Gasteiger partial charge on any atom is 0.194 e. The number of carbonyl (C=O) groups is 1. The van der Waals surface area contributed by atoms with Gasteiger partial charge in [-0.25, -0.2) is 4.98 Å². The molecule has 2 heterocycles. The Hall–Kier alpha value is -1.16. The molecule has 0 spiro atoms. The maximum absolute atomic E-state index is 10.9. The number of rotatable bonds is 4. The van der Waals surface area contributed by atoms with E-state index in [1.165, 1.54) is 12.8 Å². The highest BCUT2D eigenvalue weighted by Crippen LogP contribution is 2.16. The molecular weight excluding hydrogens is 204 g/mol. The van der Waals surface area contributed by atoms with Crippen LogP contribution in [0.5, 0.6) is 0 Å². The molecule has 1 aromatic rings. The molecule has 0 saturated carbocycles. The van der Waals surface area contributed by atoms with Crippen LogP contribution in [0.1, 0.15) is 31.4 Å². The van der Waals surface area contributed by atoms with Crippen molar-refractivity contribution in [2.24, 2.45) is 5.92 Å². The number of oxazole rings is 1. The number of carbonyl (C=O) groups excluding carboxylic acids is 1. The van der Waals surface area contributed by atoms with Crippen LogP contribution in [0.15, 0.2) is 10.6 Å². The highest BCUT2D eigenvalue weighted by molar-refractivity contribution is 5.77. The topological polar surface area (TPSA) is 55.1 Å². The predicted octanol–water partition coefficient (Wildman–Crippen LogP) is 1.35. The van der Waals surface area contributed by atoms with E-state index in [1.807, 2.05) is 0 Å². The van der Waals surface area contributed by atoms with Crippen LogP contribution in [0.2, 0.25) is 0 Å². The quantitative estimate of drug-likeness (QED) is 0.835. The van der Waals surface area contributed by atoms with Gasteiger partial charge in [0.1, 0.15) is 11.5 Å². The average molecular weight is 222 g/mol. The lowest BCUT2D eigenvalue weighted by molar-refractivity contribution is -0.116. The molecule has 0 bridgehead atoms. The summed E-state index contributed by atoms with van der Waals surface area (Å²) in [5, 5.41) is 3.37. The molecule has 1 unspecified atom stereocenters. The third-order valence-electron chi connectivity index (χ3n) is 2.89. The second-order valence-corrected chi connectivity index (χ2v) is 4.52. The van der Waals surface area contributed by atoms with Crippen LogP contribution < -0.4 is 5.32 Å². The van der Waals surface area contributed by atoms with Gasteiger partial charge in [0.15, 0.2) is 5.89 Å². The molecule has 2 rings (SSSR count). The van der Waals surface area contributed by atoms with Crippen molar-refractivity contribution in [3.63, 3.8) is 0 Å². The Bertz CT molecular complexity index is 354. The van der Waals surface area contributed by atoms with E-state index in [9.17, 15) is 4.79 Å². The van der Waals surface area contributed by atoms with Gasteiger partial charge in [0, 0.05) is 6.42 Å². The molecule has 0 aromatic carbocycles. The Balaban J connectivity index is 1.88. The fraction of sp³-hybridized carbons (Fsp3) is 0.667. The minimum absolute atomic E-state index is 0.113. The zero-order valence-electron chi connectivity index (χ0n) is 9.66. The Kier molecular flexibility index (Phi) is 3.72. The normalized spacial score (nSPS) is 20.9. The maximum atomic E-state index is 10.9. The molecule has 88 valence electrons. The third-order valence-corrected chi connectivity index (χ3v) is 2.89. The summed E-state index contributed by atoms with van der Waals surface area (Å²) in [6.45, 7) is 3.73. The number of hydrogen-bond acceptors (Lipinski definition) is 4. The number of nitrogens with zero attached hydrogens (tertiary/aromatic N) is 1. The van der Waals surface area contributed by atoms with Crippen molar-refractivity contribution in [1.82, 2.24) is 10.3 Å². The molecule has 1 atom stereocenters. The van der Waals surface area contributed by atoms with Crippen molar-refractivity contribution in [3.05, 3.63) is 17.8 Å². The molecule has 4 heteroatoms. The van der Waals surface area contributed by atoms with Crippen molar-refractivity contribution >= 4 is 5.78 Å². The van der Waals surface area contributed by atoms with Crippen molar-refractivity contribution < 1.29 is 9.21 Å². The minimum Gasteiger partial charge on any atom is -0.445 e. The number of ketones is 1. The molecule has 1 fully saturated rings. The summed E-state index contributed by atoms with van der Waals surface area (Å²) >= 11 is 0. The number of piperidine rings is 1. The van der Waals surface area contributed by atoms with E-state index in [1.54, 1.807) is 13.1 Å². The largest absolute Gasteiger partial charge is 0.445 e. The summed E-state index contributed by atoms with van der Waals surface area (Å²) in [7, 11) is 0. The van der Waals surface area contributed by atoms with E-state index >= 15 is 0 Å². The first-order chi connectivity index (χ1) is 7.74. The summed E-state index contributed by atoms with van der Waals surface area (Å²) in [5.41, 5.74) is 0. The highest BCUT2D eigenvalue weighted by Gasteiger charge is 2.16. The molecule has 1 aliphatic rings. The van der Waals surface area contributed by atoms with Crippen molar-refractivity contribution in [1.29, 1.82) is 0 Å². The predicted molar refractivity (Wildman–Crippen MR) is 60.2 cm³/mol. The van der Waals surface area contributed by atoms with Crippen molar-refractivity contribution in [2.75, 3.05) is 13.1 Å². The minimum atomic E-state index is 0.113. The van der Waals surface area contributed by atoms with Gasteiger partial charge in [0.2, 0.25) is 0 Å². The molecule has 0 amide bonds. The molecule has 1 saturated heterocycles. The lowest BCUT2D eigenvalue weighted by Crippen LogP contribution is -2.30. The van der Waals surface area contributed by atoms with Crippen LogP contribution >= 0.6 is 0 Å². The zero-order chi connectivity index (χ0) is 11.4.